The molecule has 1 aromatic heterocycles. The van der Waals surface area contributed by atoms with E-state index in [1.165, 1.54) is 6.26 Å². The predicted molar refractivity (Wildman–Crippen MR) is 43.0 cm³/mol. The standard InChI is InChI=1S/C8H11N3O/c1-7(4-9)5-10-6-8-2-3-12-11-8/h2-3,7,10H,5-6H2,1H3. The van der Waals surface area contributed by atoms with Crippen molar-refractivity contribution >= 4 is 0 Å². The Morgan fingerprint density at radius 3 is 3.25 bits per heavy atom. The summed E-state index contributed by atoms with van der Waals surface area (Å²) >= 11 is 0. The number of rotatable bonds is 4. The molecule has 0 amide bonds. The molecule has 1 aromatic rings. The van der Waals surface area contributed by atoms with Gasteiger partial charge >= 0.3 is 0 Å². The van der Waals surface area contributed by atoms with Crippen LogP contribution in [-0.4, -0.2) is 11.7 Å². The number of aromatic nitrogens is 1. The monoisotopic (exact) mass is 165 g/mol. The van der Waals surface area contributed by atoms with Crippen molar-refractivity contribution in [1.82, 2.24) is 10.5 Å². The molecule has 0 aliphatic rings. The first-order valence-electron chi connectivity index (χ1n) is 3.82. The SMILES string of the molecule is CC(C#N)CNCc1ccon1. The third-order valence-corrected chi connectivity index (χ3v) is 1.47. The molecule has 0 aliphatic heterocycles. The summed E-state index contributed by atoms with van der Waals surface area (Å²) in [6.07, 6.45) is 1.53. The van der Waals surface area contributed by atoms with Gasteiger partial charge < -0.3 is 9.84 Å². The molecule has 12 heavy (non-hydrogen) atoms. The highest BCUT2D eigenvalue weighted by Crippen LogP contribution is 1.94. The van der Waals surface area contributed by atoms with E-state index >= 15 is 0 Å². The van der Waals surface area contributed by atoms with Crippen LogP contribution in [0.1, 0.15) is 12.6 Å². The van der Waals surface area contributed by atoms with Crippen molar-refractivity contribution in [2.24, 2.45) is 5.92 Å². The summed E-state index contributed by atoms with van der Waals surface area (Å²) in [5.74, 6) is 0.0388. The van der Waals surface area contributed by atoms with Gasteiger partial charge in [0.05, 0.1) is 17.7 Å². The minimum Gasteiger partial charge on any atom is -0.364 e. The van der Waals surface area contributed by atoms with E-state index in [1.54, 1.807) is 6.07 Å². The minimum atomic E-state index is 0.0388. The zero-order valence-corrected chi connectivity index (χ0v) is 6.95. The van der Waals surface area contributed by atoms with Crippen LogP contribution in [0.3, 0.4) is 0 Å². The van der Waals surface area contributed by atoms with E-state index in [-0.39, 0.29) is 5.92 Å². The maximum absolute atomic E-state index is 8.47. The van der Waals surface area contributed by atoms with Gasteiger partial charge in [-0.15, -0.1) is 0 Å². The summed E-state index contributed by atoms with van der Waals surface area (Å²) in [5.41, 5.74) is 0.861. The van der Waals surface area contributed by atoms with Crippen LogP contribution in [0, 0.1) is 17.2 Å². The van der Waals surface area contributed by atoms with E-state index in [0.29, 0.717) is 13.1 Å². The first-order valence-corrected chi connectivity index (χ1v) is 3.82. The summed E-state index contributed by atoms with van der Waals surface area (Å²) in [7, 11) is 0. The van der Waals surface area contributed by atoms with Gasteiger partial charge in [-0.05, 0) is 6.92 Å². The average Bonchev–Trinajstić information content (AvgIpc) is 2.57. The molecule has 4 nitrogen and oxygen atoms in total. The fourth-order valence-corrected chi connectivity index (χ4v) is 0.791. The molecule has 1 rings (SSSR count). The van der Waals surface area contributed by atoms with Crippen LogP contribution in [0.15, 0.2) is 16.9 Å². The quantitative estimate of drug-likeness (QED) is 0.720. The Kier molecular flexibility index (Phi) is 3.30. The fourth-order valence-electron chi connectivity index (χ4n) is 0.791. The summed E-state index contributed by atoms with van der Waals surface area (Å²) in [6.45, 7) is 3.21. The smallest absolute Gasteiger partial charge is 0.124 e. The molecule has 1 N–H and O–H groups in total. The van der Waals surface area contributed by atoms with Gasteiger partial charge in [0.15, 0.2) is 0 Å². The molecule has 1 unspecified atom stereocenters. The van der Waals surface area contributed by atoms with Crippen molar-refractivity contribution in [1.29, 1.82) is 5.26 Å². The lowest BCUT2D eigenvalue weighted by molar-refractivity contribution is 0.408. The topological polar surface area (TPSA) is 61.9 Å². The maximum atomic E-state index is 8.47. The minimum absolute atomic E-state index is 0.0388. The molecule has 1 atom stereocenters. The molecule has 4 heteroatoms. The molecule has 0 aromatic carbocycles. The number of nitrogens with zero attached hydrogens (tertiary/aromatic N) is 2. The van der Waals surface area contributed by atoms with Crippen molar-refractivity contribution in [3.05, 3.63) is 18.0 Å². The van der Waals surface area contributed by atoms with E-state index in [4.69, 9.17) is 5.26 Å². The zero-order chi connectivity index (χ0) is 8.81. The van der Waals surface area contributed by atoms with Gasteiger partial charge in [0.1, 0.15) is 6.26 Å². The van der Waals surface area contributed by atoms with Gasteiger partial charge in [-0.2, -0.15) is 5.26 Å². The Labute approximate surface area is 71.2 Å². The molecule has 0 spiro atoms. The lowest BCUT2D eigenvalue weighted by Crippen LogP contribution is -2.19. The second kappa shape index (κ2) is 4.52. The molecular formula is C8H11N3O. The van der Waals surface area contributed by atoms with Crippen molar-refractivity contribution in [2.45, 2.75) is 13.5 Å². The van der Waals surface area contributed by atoms with Gasteiger partial charge in [0.25, 0.3) is 0 Å². The number of nitriles is 1. The Morgan fingerprint density at radius 2 is 2.67 bits per heavy atom. The fraction of sp³-hybridized carbons (Fsp3) is 0.500. The largest absolute Gasteiger partial charge is 0.364 e. The average molecular weight is 165 g/mol. The van der Waals surface area contributed by atoms with Crippen molar-refractivity contribution < 1.29 is 4.52 Å². The normalized spacial score (nSPS) is 12.3. The van der Waals surface area contributed by atoms with Crippen molar-refractivity contribution in [3.8, 4) is 6.07 Å². The first kappa shape index (κ1) is 8.75. The summed E-state index contributed by atoms with van der Waals surface area (Å²) in [4.78, 5) is 0. The number of nitrogens with one attached hydrogen (secondary N) is 1. The second-order valence-electron chi connectivity index (χ2n) is 2.65. The lowest BCUT2D eigenvalue weighted by atomic mass is 10.2. The molecule has 1 heterocycles. The first-order chi connectivity index (χ1) is 5.83. The van der Waals surface area contributed by atoms with Crippen LogP contribution in [0.4, 0.5) is 0 Å². The highest BCUT2D eigenvalue weighted by molar-refractivity contribution is 4.94. The molecule has 0 saturated heterocycles. The Hall–Kier alpha value is -1.34. The van der Waals surface area contributed by atoms with Gasteiger partial charge in [0, 0.05) is 19.2 Å². The van der Waals surface area contributed by atoms with Crippen LogP contribution in [0.5, 0.6) is 0 Å². The van der Waals surface area contributed by atoms with Crippen LogP contribution >= 0.6 is 0 Å². The van der Waals surface area contributed by atoms with E-state index in [2.05, 4.69) is 21.1 Å². The molecule has 64 valence electrons. The van der Waals surface area contributed by atoms with E-state index in [9.17, 15) is 0 Å². The summed E-state index contributed by atoms with van der Waals surface area (Å²) in [5, 5.41) is 15.3. The van der Waals surface area contributed by atoms with E-state index in [0.717, 1.165) is 5.69 Å². The van der Waals surface area contributed by atoms with Gasteiger partial charge in [-0.25, -0.2) is 0 Å². The number of hydrogen-bond acceptors (Lipinski definition) is 4. The Morgan fingerprint density at radius 1 is 1.83 bits per heavy atom. The van der Waals surface area contributed by atoms with Crippen molar-refractivity contribution in [3.63, 3.8) is 0 Å². The molecule has 0 fully saturated rings. The van der Waals surface area contributed by atoms with Crippen LogP contribution in [-0.2, 0) is 6.54 Å². The Balaban J connectivity index is 2.16. The Bertz CT molecular complexity index is 250. The van der Waals surface area contributed by atoms with E-state index in [1.807, 2.05) is 6.92 Å². The van der Waals surface area contributed by atoms with E-state index < -0.39 is 0 Å². The second-order valence-corrected chi connectivity index (χ2v) is 2.65. The van der Waals surface area contributed by atoms with Crippen LogP contribution in [0.2, 0.25) is 0 Å². The molecule has 0 saturated carbocycles. The van der Waals surface area contributed by atoms with Gasteiger partial charge in [0.2, 0.25) is 0 Å². The van der Waals surface area contributed by atoms with Crippen molar-refractivity contribution in [2.75, 3.05) is 6.54 Å². The summed E-state index contributed by atoms with van der Waals surface area (Å²) in [6, 6.07) is 3.93. The van der Waals surface area contributed by atoms with Gasteiger partial charge in [-0.3, -0.25) is 0 Å². The number of hydrogen-bond donors (Lipinski definition) is 1. The molecule has 0 radical (unpaired) electrons. The zero-order valence-electron chi connectivity index (χ0n) is 6.95. The molecule has 0 aliphatic carbocycles. The highest BCUT2D eigenvalue weighted by Gasteiger charge is 1.99. The molecular weight excluding hydrogens is 154 g/mol. The highest BCUT2D eigenvalue weighted by atomic mass is 16.5. The van der Waals surface area contributed by atoms with Crippen LogP contribution < -0.4 is 5.32 Å². The van der Waals surface area contributed by atoms with Gasteiger partial charge in [-0.1, -0.05) is 5.16 Å². The molecule has 0 bridgehead atoms. The summed E-state index contributed by atoms with van der Waals surface area (Å²) < 4.78 is 4.64. The predicted octanol–water partition coefficient (Wildman–Crippen LogP) is 0.924. The maximum Gasteiger partial charge on any atom is 0.124 e. The third kappa shape index (κ3) is 2.72. The van der Waals surface area contributed by atoms with Crippen LogP contribution in [0.25, 0.3) is 0 Å². The third-order valence-electron chi connectivity index (χ3n) is 1.47. The lowest BCUT2D eigenvalue weighted by Gasteiger charge is -2.01.